The van der Waals surface area contributed by atoms with Crippen LogP contribution in [0.25, 0.3) is 11.0 Å². The highest BCUT2D eigenvalue weighted by Gasteiger charge is 2.27. The van der Waals surface area contributed by atoms with Crippen LogP contribution in [0.4, 0.5) is 5.69 Å². The van der Waals surface area contributed by atoms with Gasteiger partial charge in [0.05, 0.1) is 48.4 Å². The van der Waals surface area contributed by atoms with Crippen LogP contribution < -0.4 is 4.90 Å². The van der Waals surface area contributed by atoms with Crippen LogP contribution in [0.15, 0.2) is 18.2 Å². The van der Waals surface area contributed by atoms with Crippen LogP contribution in [-0.2, 0) is 23.6 Å². The lowest BCUT2D eigenvalue weighted by atomic mass is 10.3. The lowest BCUT2D eigenvalue weighted by Gasteiger charge is -2.30. The number of sulfonamides is 1. The maximum absolute atomic E-state index is 11.6. The lowest BCUT2D eigenvalue weighted by molar-refractivity contribution is -0.918. The summed E-state index contributed by atoms with van der Waals surface area (Å²) in [5.74, 6) is 0.841. The van der Waals surface area contributed by atoms with E-state index in [9.17, 15) is 18.5 Å². The Balaban J connectivity index is 1.76. The highest BCUT2D eigenvalue weighted by atomic mass is 32.2. The summed E-state index contributed by atoms with van der Waals surface area (Å²) in [5.41, 5.74) is 1.49. The molecule has 2 heterocycles. The van der Waals surface area contributed by atoms with E-state index in [1.165, 1.54) is 27.6 Å². The molecule has 1 saturated heterocycles. The third-order valence-corrected chi connectivity index (χ3v) is 5.78. The van der Waals surface area contributed by atoms with Crippen LogP contribution in [-0.4, -0.2) is 59.6 Å². The Morgan fingerprint density at radius 3 is 2.58 bits per heavy atom. The number of nitrogens with zero attached hydrogens (tertiary/aromatic N) is 4. The average molecular weight is 354 g/mol. The van der Waals surface area contributed by atoms with Crippen molar-refractivity contribution in [2.24, 2.45) is 7.05 Å². The molecule has 9 nitrogen and oxygen atoms in total. The summed E-state index contributed by atoms with van der Waals surface area (Å²) in [5, 5.41) is 10.9. The minimum absolute atomic E-state index is 0.0289. The molecule has 1 N–H and O–H groups in total. The standard InChI is InChI=1S/C14H19N5O4S/c1-16-13-4-3-11(19(20)21)9-12(13)15-14(16)10-17-5-7-18(8-6-17)24(2,22)23/h3-4,9H,5-8,10H2,1-2H3/p+1. The van der Waals surface area contributed by atoms with Gasteiger partial charge < -0.3 is 9.47 Å². The molecule has 1 aliphatic heterocycles. The van der Waals surface area contributed by atoms with E-state index < -0.39 is 14.9 Å². The summed E-state index contributed by atoms with van der Waals surface area (Å²) in [6.07, 6.45) is 1.23. The van der Waals surface area contributed by atoms with Crippen molar-refractivity contribution < 1.29 is 18.2 Å². The first kappa shape index (κ1) is 16.8. The number of aryl methyl sites for hydroxylation is 1. The van der Waals surface area contributed by atoms with E-state index in [0.29, 0.717) is 25.2 Å². The molecule has 3 rings (SSSR count). The zero-order chi connectivity index (χ0) is 17.5. The number of piperazine rings is 1. The molecule has 0 spiro atoms. The molecule has 0 atom stereocenters. The predicted octanol–water partition coefficient (Wildman–Crippen LogP) is -0.858. The van der Waals surface area contributed by atoms with Gasteiger partial charge in [0.25, 0.3) is 5.69 Å². The second kappa shape index (κ2) is 6.11. The van der Waals surface area contributed by atoms with E-state index in [1.807, 2.05) is 11.6 Å². The maximum atomic E-state index is 11.6. The monoisotopic (exact) mass is 354 g/mol. The fourth-order valence-electron chi connectivity index (χ4n) is 3.04. The van der Waals surface area contributed by atoms with Crippen molar-refractivity contribution in [1.29, 1.82) is 0 Å². The largest absolute Gasteiger partial charge is 0.326 e. The quantitative estimate of drug-likeness (QED) is 0.569. The molecule has 2 aromatic rings. The Labute approximate surface area is 139 Å². The van der Waals surface area contributed by atoms with Crippen LogP contribution in [0.2, 0.25) is 0 Å². The number of hydrogen-bond acceptors (Lipinski definition) is 5. The molecule has 1 fully saturated rings. The van der Waals surface area contributed by atoms with E-state index in [-0.39, 0.29) is 5.69 Å². The van der Waals surface area contributed by atoms with E-state index >= 15 is 0 Å². The van der Waals surface area contributed by atoms with Gasteiger partial charge in [-0.25, -0.2) is 13.4 Å². The van der Waals surface area contributed by atoms with Crippen molar-refractivity contribution in [3.63, 3.8) is 0 Å². The number of fused-ring (bicyclic) bond motifs is 1. The number of non-ortho nitro benzene ring substituents is 1. The first-order chi connectivity index (χ1) is 11.3. The highest BCUT2D eigenvalue weighted by molar-refractivity contribution is 7.88. The van der Waals surface area contributed by atoms with Crippen molar-refractivity contribution in [2.75, 3.05) is 32.4 Å². The van der Waals surface area contributed by atoms with Gasteiger partial charge in [-0.3, -0.25) is 10.1 Å². The Morgan fingerprint density at radius 2 is 2.00 bits per heavy atom. The van der Waals surface area contributed by atoms with E-state index in [2.05, 4.69) is 4.98 Å². The van der Waals surface area contributed by atoms with Crippen molar-refractivity contribution in [3.05, 3.63) is 34.1 Å². The summed E-state index contributed by atoms with van der Waals surface area (Å²) in [6, 6.07) is 4.67. The molecule has 0 unspecified atom stereocenters. The molecule has 0 amide bonds. The molecule has 0 saturated carbocycles. The molecule has 130 valence electrons. The zero-order valence-corrected chi connectivity index (χ0v) is 14.4. The highest BCUT2D eigenvalue weighted by Crippen LogP contribution is 2.20. The minimum atomic E-state index is -3.13. The summed E-state index contributed by atoms with van der Waals surface area (Å²) in [4.78, 5) is 16.2. The number of nitrogens with one attached hydrogen (secondary N) is 1. The first-order valence-corrected chi connectivity index (χ1v) is 9.49. The lowest BCUT2D eigenvalue weighted by Crippen LogP contribution is -3.13. The third-order valence-electron chi connectivity index (χ3n) is 4.47. The molecular weight excluding hydrogens is 334 g/mol. The molecule has 0 radical (unpaired) electrons. The number of quaternary nitrogens is 1. The van der Waals surface area contributed by atoms with Crippen molar-refractivity contribution in [2.45, 2.75) is 6.54 Å². The second-order valence-corrected chi connectivity index (χ2v) is 8.09. The Hall–Kier alpha value is -2.04. The number of nitro groups is 1. The number of nitro benzene ring substituents is 1. The minimum Gasteiger partial charge on any atom is -0.326 e. The Kier molecular flexibility index (Phi) is 4.28. The predicted molar refractivity (Wildman–Crippen MR) is 88.2 cm³/mol. The topological polar surface area (TPSA) is 103 Å². The van der Waals surface area contributed by atoms with Gasteiger partial charge in [-0.2, -0.15) is 4.31 Å². The fourth-order valence-corrected chi connectivity index (χ4v) is 3.89. The summed E-state index contributed by atoms with van der Waals surface area (Å²) < 4.78 is 26.5. The molecular formula is C14H20N5O4S+. The average Bonchev–Trinajstić information content (AvgIpc) is 2.82. The number of rotatable bonds is 4. The number of aromatic nitrogens is 2. The van der Waals surface area contributed by atoms with Gasteiger partial charge in [0, 0.05) is 19.2 Å². The van der Waals surface area contributed by atoms with Crippen LogP contribution in [0, 0.1) is 10.1 Å². The second-order valence-electron chi connectivity index (χ2n) is 6.11. The van der Waals surface area contributed by atoms with Crippen LogP contribution in [0.1, 0.15) is 5.82 Å². The molecule has 1 aromatic heterocycles. The summed E-state index contributed by atoms with van der Waals surface area (Å²) in [6.45, 7) is 3.11. The van der Waals surface area contributed by atoms with Gasteiger partial charge in [-0.15, -0.1) is 0 Å². The fraction of sp³-hybridized carbons (Fsp3) is 0.500. The van der Waals surface area contributed by atoms with E-state index in [0.717, 1.165) is 24.4 Å². The summed E-state index contributed by atoms with van der Waals surface area (Å²) in [7, 11) is -1.24. The van der Waals surface area contributed by atoms with Crippen molar-refractivity contribution >= 4 is 26.7 Å². The van der Waals surface area contributed by atoms with E-state index in [1.54, 1.807) is 6.07 Å². The molecule has 10 heteroatoms. The maximum Gasteiger partial charge on any atom is 0.271 e. The van der Waals surface area contributed by atoms with Crippen LogP contribution in [0.3, 0.4) is 0 Å². The smallest absolute Gasteiger partial charge is 0.271 e. The van der Waals surface area contributed by atoms with Crippen LogP contribution >= 0.6 is 0 Å². The van der Waals surface area contributed by atoms with Gasteiger partial charge in [-0.05, 0) is 6.07 Å². The molecule has 0 bridgehead atoms. The van der Waals surface area contributed by atoms with Gasteiger partial charge in [-0.1, -0.05) is 0 Å². The van der Waals surface area contributed by atoms with Crippen molar-refractivity contribution in [3.8, 4) is 0 Å². The van der Waals surface area contributed by atoms with Gasteiger partial charge in [0.1, 0.15) is 6.54 Å². The van der Waals surface area contributed by atoms with E-state index in [4.69, 9.17) is 0 Å². The number of hydrogen-bond donors (Lipinski definition) is 1. The van der Waals surface area contributed by atoms with Gasteiger partial charge in [0.2, 0.25) is 10.0 Å². The SMILES string of the molecule is Cn1c(C[NH+]2CCN(S(C)(=O)=O)CC2)nc2cc([N+](=O)[O-])ccc21. The number of imidazole rings is 1. The molecule has 24 heavy (non-hydrogen) atoms. The van der Waals surface area contributed by atoms with Crippen molar-refractivity contribution in [1.82, 2.24) is 13.9 Å². The van der Waals surface area contributed by atoms with Gasteiger partial charge in [0.15, 0.2) is 5.82 Å². The number of benzene rings is 1. The first-order valence-electron chi connectivity index (χ1n) is 7.64. The normalized spacial score (nSPS) is 17.4. The Morgan fingerprint density at radius 1 is 1.33 bits per heavy atom. The van der Waals surface area contributed by atoms with Gasteiger partial charge >= 0.3 is 0 Å². The molecule has 1 aliphatic rings. The molecule has 0 aliphatic carbocycles. The summed E-state index contributed by atoms with van der Waals surface area (Å²) >= 11 is 0. The zero-order valence-electron chi connectivity index (χ0n) is 13.6. The third kappa shape index (κ3) is 3.25. The van der Waals surface area contributed by atoms with Crippen LogP contribution in [0.5, 0.6) is 0 Å². The molecule has 1 aromatic carbocycles. The Bertz CT molecular complexity index is 884.